The maximum atomic E-state index is 4.35. The lowest BCUT2D eigenvalue weighted by atomic mass is 9.77. The van der Waals surface area contributed by atoms with Gasteiger partial charge >= 0.3 is 0 Å². The van der Waals surface area contributed by atoms with E-state index in [9.17, 15) is 0 Å². The molecule has 1 fully saturated rings. The molecule has 4 rings (SSSR count). The number of rotatable bonds is 3. The Labute approximate surface area is 131 Å². The molecule has 1 aliphatic heterocycles. The Bertz CT molecular complexity index is 656. The number of aromatic nitrogens is 4. The van der Waals surface area contributed by atoms with Crippen molar-refractivity contribution in [1.29, 1.82) is 0 Å². The Morgan fingerprint density at radius 2 is 2.23 bits per heavy atom. The third-order valence-electron chi connectivity index (χ3n) is 5.47. The number of hydrogen-bond acceptors (Lipinski definition) is 3. The molecule has 5 nitrogen and oxygen atoms in total. The highest BCUT2D eigenvalue weighted by Gasteiger charge is 2.43. The predicted octanol–water partition coefficient (Wildman–Crippen LogP) is 2.67. The minimum Gasteiger partial charge on any atom is -0.331 e. The van der Waals surface area contributed by atoms with Crippen LogP contribution < -0.4 is 0 Å². The standard InChI is InChI=1S/C17H25N5/c1-13(2)22-12-18-9-15(22)10-21-7-3-5-17(11-21)6-4-14-8-19-20-16(14)17/h8-9,12-13H,3-7,10-11H2,1-2H3,(H,19,20). The van der Waals surface area contributed by atoms with E-state index in [-0.39, 0.29) is 0 Å². The first-order valence-electron chi connectivity index (χ1n) is 8.44. The number of imidazole rings is 1. The van der Waals surface area contributed by atoms with E-state index in [1.165, 1.54) is 49.2 Å². The molecule has 22 heavy (non-hydrogen) atoms. The Hall–Kier alpha value is -1.62. The lowest BCUT2D eigenvalue weighted by Crippen LogP contribution is -2.45. The summed E-state index contributed by atoms with van der Waals surface area (Å²) in [4.78, 5) is 6.95. The number of hydrogen-bond donors (Lipinski definition) is 1. The van der Waals surface area contributed by atoms with Crippen LogP contribution in [-0.4, -0.2) is 37.7 Å². The lowest BCUT2D eigenvalue weighted by Gasteiger charge is -2.40. The van der Waals surface area contributed by atoms with Crippen molar-refractivity contribution in [2.75, 3.05) is 13.1 Å². The number of aryl methyl sites for hydroxylation is 1. The lowest BCUT2D eigenvalue weighted by molar-refractivity contribution is 0.133. The molecule has 0 bridgehead atoms. The van der Waals surface area contributed by atoms with E-state index in [1.807, 2.05) is 18.7 Å². The van der Waals surface area contributed by atoms with E-state index in [1.54, 1.807) is 0 Å². The van der Waals surface area contributed by atoms with Crippen molar-refractivity contribution >= 4 is 0 Å². The van der Waals surface area contributed by atoms with Gasteiger partial charge in [0, 0.05) is 36.4 Å². The van der Waals surface area contributed by atoms with E-state index in [2.05, 4.69) is 38.5 Å². The van der Waals surface area contributed by atoms with Crippen molar-refractivity contribution in [2.45, 2.75) is 57.5 Å². The van der Waals surface area contributed by atoms with Crippen LogP contribution in [0.4, 0.5) is 0 Å². The second-order valence-electron chi connectivity index (χ2n) is 7.25. The summed E-state index contributed by atoms with van der Waals surface area (Å²) in [5, 5.41) is 7.57. The molecule has 1 atom stereocenters. The topological polar surface area (TPSA) is 49.7 Å². The van der Waals surface area contributed by atoms with Gasteiger partial charge in [0.25, 0.3) is 0 Å². The molecule has 2 aliphatic rings. The number of H-pyrrole nitrogens is 1. The van der Waals surface area contributed by atoms with Crippen molar-refractivity contribution in [3.05, 3.63) is 35.7 Å². The second-order valence-corrected chi connectivity index (χ2v) is 7.25. The van der Waals surface area contributed by atoms with Crippen molar-refractivity contribution in [1.82, 2.24) is 24.6 Å². The average molecular weight is 299 g/mol. The first-order valence-corrected chi connectivity index (χ1v) is 8.44. The summed E-state index contributed by atoms with van der Waals surface area (Å²) in [6, 6.07) is 0.474. The maximum Gasteiger partial charge on any atom is 0.0951 e. The first kappa shape index (κ1) is 14.0. The zero-order valence-corrected chi connectivity index (χ0v) is 13.5. The Balaban J connectivity index is 1.54. The fourth-order valence-corrected chi connectivity index (χ4v) is 4.38. The summed E-state index contributed by atoms with van der Waals surface area (Å²) in [5.74, 6) is 0. The van der Waals surface area contributed by atoms with Gasteiger partial charge in [0.1, 0.15) is 0 Å². The highest BCUT2D eigenvalue weighted by molar-refractivity contribution is 5.33. The SMILES string of the molecule is CC(C)n1cncc1CN1CCCC2(CCc3cn[nH]c32)C1. The monoisotopic (exact) mass is 299 g/mol. The molecule has 0 saturated carbocycles. The molecule has 0 amide bonds. The van der Waals surface area contributed by atoms with Crippen LogP contribution in [0, 0.1) is 0 Å². The maximum absolute atomic E-state index is 4.35. The third kappa shape index (κ3) is 2.19. The van der Waals surface area contributed by atoms with E-state index in [0.29, 0.717) is 11.5 Å². The minimum atomic E-state index is 0.312. The normalized spacial score (nSPS) is 25.2. The van der Waals surface area contributed by atoms with Crippen LogP contribution in [0.2, 0.25) is 0 Å². The zero-order valence-electron chi connectivity index (χ0n) is 13.5. The van der Waals surface area contributed by atoms with Gasteiger partial charge in [-0.15, -0.1) is 0 Å². The molecule has 5 heteroatoms. The van der Waals surface area contributed by atoms with Gasteiger partial charge in [-0.3, -0.25) is 10.00 Å². The minimum absolute atomic E-state index is 0.312. The van der Waals surface area contributed by atoms with Gasteiger partial charge in [0.2, 0.25) is 0 Å². The van der Waals surface area contributed by atoms with Crippen LogP contribution in [0.5, 0.6) is 0 Å². The van der Waals surface area contributed by atoms with Crippen LogP contribution in [-0.2, 0) is 18.4 Å². The predicted molar refractivity (Wildman–Crippen MR) is 85.7 cm³/mol. The third-order valence-corrected chi connectivity index (χ3v) is 5.47. The molecule has 1 N–H and O–H groups in total. The smallest absolute Gasteiger partial charge is 0.0951 e. The Kier molecular flexibility index (Phi) is 3.33. The van der Waals surface area contributed by atoms with Gasteiger partial charge in [0.05, 0.1) is 18.2 Å². The van der Waals surface area contributed by atoms with Crippen LogP contribution >= 0.6 is 0 Å². The Morgan fingerprint density at radius 3 is 3.09 bits per heavy atom. The van der Waals surface area contributed by atoms with Crippen molar-refractivity contribution in [3.8, 4) is 0 Å². The molecule has 0 radical (unpaired) electrons. The average Bonchev–Trinajstić information content (AvgIpc) is 3.19. The summed E-state index contributed by atoms with van der Waals surface area (Å²) >= 11 is 0. The molecular weight excluding hydrogens is 274 g/mol. The molecule has 1 spiro atoms. The quantitative estimate of drug-likeness (QED) is 0.948. The van der Waals surface area contributed by atoms with Crippen LogP contribution in [0.15, 0.2) is 18.7 Å². The second kappa shape index (κ2) is 5.23. The molecule has 1 unspecified atom stereocenters. The van der Waals surface area contributed by atoms with Crippen molar-refractivity contribution < 1.29 is 0 Å². The number of aromatic amines is 1. The largest absolute Gasteiger partial charge is 0.331 e. The summed E-state index contributed by atoms with van der Waals surface area (Å²) < 4.78 is 2.29. The van der Waals surface area contributed by atoms with Gasteiger partial charge in [-0.25, -0.2) is 4.98 Å². The zero-order chi connectivity index (χ0) is 15.2. The van der Waals surface area contributed by atoms with Crippen LogP contribution in [0.25, 0.3) is 0 Å². The van der Waals surface area contributed by atoms with Gasteiger partial charge in [-0.1, -0.05) is 0 Å². The number of fused-ring (bicyclic) bond motifs is 2. The van der Waals surface area contributed by atoms with E-state index in [0.717, 1.165) is 13.1 Å². The first-order chi connectivity index (χ1) is 10.7. The van der Waals surface area contributed by atoms with E-state index in [4.69, 9.17) is 0 Å². The summed E-state index contributed by atoms with van der Waals surface area (Å²) in [7, 11) is 0. The molecule has 2 aromatic heterocycles. The van der Waals surface area contributed by atoms with Crippen molar-refractivity contribution in [2.24, 2.45) is 0 Å². The molecule has 2 aromatic rings. The number of nitrogens with one attached hydrogen (secondary N) is 1. The highest BCUT2D eigenvalue weighted by atomic mass is 15.2. The van der Waals surface area contributed by atoms with Gasteiger partial charge in [-0.05, 0) is 51.6 Å². The fraction of sp³-hybridized carbons (Fsp3) is 0.647. The Morgan fingerprint density at radius 1 is 1.32 bits per heavy atom. The van der Waals surface area contributed by atoms with E-state index >= 15 is 0 Å². The summed E-state index contributed by atoms with van der Waals surface area (Å²) in [6.07, 6.45) is 11.0. The van der Waals surface area contributed by atoms with E-state index < -0.39 is 0 Å². The summed E-state index contributed by atoms with van der Waals surface area (Å²) in [6.45, 7) is 7.77. The number of piperidine rings is 1. The van der Waals surface area contributed by atoms with Crippen LogP contribution in [0.1, 0.15) is 56.1 Å². The highest BCUT2D eigenvalue weighted by Crippen LogP contribution is 2.44. The molecule has 3 heterocycles. The molecule has 118 valence electrons. The van der Waals surface area contributed by atoms with Gasteiger partial charge in [0.15, 0.2) is 0 Å². The van der Waals surface area contributed by atoms with Gasteiger partial charge in [-0.2, -0.15) is 5.10 Å². The summed E-state index contributed by atoms with van der Waals surface area (Å²) in [5.41, 5.74) is 4.49. The molecule has 1 aliphatic carbocycles. The van der Waals surface area contributed by atoms with Crippen molar-refractivity contribution in [3.63, 3.8) is 0 Å². The van der Waals surface area contributed by atoms with Crippen LogP contribution in [0.3, 0.4) is 0 Å². The molecule has 1 saturated heterocycles. The number of nitrogens with zero attached hydrogens (tertiary/aromatic N) is 4. The fourth-order valence-electron chi connectivity index (χ4n) is 4.38. The molecule has 0 aromatic carbocycles. The number of likely N-dealkylation sites (tertiary alicyclic amines) is 1. The van der Waals surface area contributed by atoms with Gasteiger partial charge < -0.3 is 4.57 Å². The molecular formula is C17H25N5.